The van der Waals surface area contributed by atoms with Crippen molar-refractivity contribution in [3.8, 4) is 0 Å². The fraction of sp³-hybridized carbons (Fsp3) is 0.385. The number of anilines is 1. The molecule has 0 spiro atoms. The van der Waals surface area contributed by atoms with Gasteiger partial charge in [-0.2, -0.15) is 4.98 Å². The number of urea groups is 1. The number of carbonyl (C=O) groups excluding carboxylic acids is 1. The minimum atomic E-state index is -0.395. The van der Waals surface area contributed by atoms with Crippen LogP contribution in [0.4, 0.5) is 10.7 Å². The summed E-state index contributed by atoms with van der Waals surface area (Å²) in [6.45, 7) is 4.43. The first kappa shape index (κ1) is 14.0. The number of nitrogens with one attached hydrogen (secondary N) is 3. The van der Waals surface area contributed by atoms with Gasteiger partial charge in [0.2, 0.25) is 5.95 Å². The topological polar surface area (TPSA) is 99.8 Å². The summed E-state index contributed by atoms with van der Waals surface area (Å²) in [5.41, 5.74) is 0.748. The van der Waals surface area contributed by atoms with Crippen molar-refractivity contribution in [1.82, 2.24) is 20.3 Å². The Morgan fingerprint density at radius 1 is 1.35 bits per heavy atom. The fourth-order valence-corrected chi connectivity index (χ4v) is 1.70. The van der Waals surface area contributed by atoms with Crippen molar-refractivity contribution >= 4 is 23.0 Å². The Morgan fingerprint density at radius 3 is 2.90 bits per heavy atom. The van der Waals surface area contributed by atoms with Crippen LogP contribution < -0.4 is 16.2 Å². The predicted octanol–water partition coefficient (Wildman–Crippen LogP) is 1.55. The smallest absolute Gasteiger partial charge is 0.321 e. The van der Waals surface area contributed by atoms with Gasteiger partial charge in [0.25, 0.3) is 5.56 Å². The predicted molar refractivity (Wildman–Crippen MR) is 76.8 cm³/mol. The Hall–Kier alpha value is -2.44. The molecule has 106 valence electrons. The molecule has 0 atom stereocenters. The van der Waals surface area contributed by atoms with Crippen LogP contribution in [0.3, 0.4) is 0 Å². The number of nitrogens with zero attached hydrogens (tertiary/aromatic N) is 2. The van der Waals surface area contributed by atoms with Crippen molar-refractivity contribution in [3.05, 3.63) is 28.2 Å². The van der Waals surface area contributed by atoms with Gasteiger partial charge in [-0.25, -0.2) is 9.78 Å². The summed E-state index contributed by atoms with van der Waals surface area (Å²) in [4.78, 5) is 34.3. The molecule has 0 aromatic carbocycles. The van der Waals surface area contributed by atoms with Gasteiger partial charge in [0.15, 0.2) is 5.65 Å². The molecule has 0 aliphatic rings. The zero-order valence-electron chi connectivity index (χ0n) is 11.5. The van der Waals surface area contributed by atoms with Gasteiger partial charge in [0, 0.05) is 12.2 Å². The maximum atomic E-state index is 11.8. The van der Waals surface area contributed by atoms with E-state index in [0.29, 0.717) is 17.6 Å². The van der Waals surface area contributed by atoms with E-state index in [1.54, 1.807) is 12.1 Å². The van der Waals surface area contributed by atoms with E-state index in [4.69, 9.17) is 0 Å². The zero-order valence-corrected chi connectivity index (χ0v) is 11.5. The van der Waals surface area contributed by atoms with E-state index in [0.717, 1.165) is 18.5 Å². The van der Waals surface area contributed by atoms with Crippen LogP contribution in [0, 0.1) is 6.92 Å². The molecule has 0 saturated heterocycles. The molecular formula is C13H17N5O2. The first-order valence-electron chi connectivity index (χ1n) is 6.52. The molecule has 0 radical (unpaired) electrons. The largest absolute Gasteiger partial charge is 0.338 e. The number of hydrogen-bond donors (Lipinski definition) is 3. The molecule has 2 aromatic heterocycles. The molecule has 0 aliphatic carbocycles. The summed E-state index contributed by atoms with van der Waals surface area (Å²) in [6, 6.07) is 3.01. The van der Waals surface area contributed by atoms with E-state index in [2.05, 4.69) is 25.6 Å². The van der Waals surface area contributed by atoms with Gasteiger partial charge in [-0.15, -0.1) is 0 Å². The van der Waals surface area contributed by atoms with Crippen LogP contribution in [0.15, 0.2) is 16.9 Å². The Morgan fingerprint density at radius 2 is 2.15 bits per heavy atom. The number of H-pyrrole nitrogens is 1. The SMILES string of the molecule is CCCCNC(=O)Nc1nc2nc(C)ccc2c(=O)[nH]1. The van der Waals surface area contributed by atoms with Gasteiger partial charge in [-0.1, -0.05) is 13.3 Å². The van der Waals surface area contributed by atoms with E-state index < -0.39 is 6.03 Å². The van der Waals surface area contributed by atoms with Gasteiger partial charge in [-0.05, 0) is 25.5 Å². The molecule has 0 saturated carbocycles. The first-order chi connectivity index (χ1) is 9.60. The number of amides is 2. The Labute approximate surface area is 115 Å². The summed E-state index contributed by atoms with van der Waals surface area (Å²) in [7, 11) is 0. The summed E-state index contributed by atoms with van der Waals surface area (Å²) in [5, 5.41) is 5.57. The van der Waals surface area contributed by atoms with Gasteiger partial charge in [-0.3, -0.25) is 15.1 Å². The number of fused-ring (bicyclic) bond motifs is 1. The summed E-state index contributed by atoms with van der Waals surface area (Å²) >= 11 is 0. The van der Waals surface area contributed by atoms with Crippen molar-refractivity contribution in [2.24, 2.45) is 0 Å². The maximum Gasteiger partial charge on any atom is 0.321 e. The lowest BCUT2D eigenvalue weighted by Gasteiger charge is -2.06. The quantitative estimate of drug-likeness (QED) is 0.737. The number of unbranched alkanes of at least 4 members (excludes halogenated alkanes) is 1. The molecule has 0 aliphatic heterocycles. The van der Waals surface area contributed by atoms with E-state index in [-0.39, 0.29) is 11.5 Å². The Bertz CT molecular complexity index is 680. The number of aromatic amines is 1. The molecule has 7 nitrogen and oxygen atoms in total. The van der Waals surface area contributed by atoms with Crippen LogP contribution >= 0.6 is 0 Å². The normalized spacial score (nSPS) is 10.5. The molecular weight excluding hydrogens is 258 g/mol. The fourth-order valence-electron chi connectivity index (χ4n) is 1.70. The van der Waals surface area contributed by atoms with Gasteiger partial charge in [0.1, 0.15) is 0 Å². The molecule has 7 heteroatoms. The highest BCUT2D eigenvalue weighted by Gasteiger charge is 2.07. The number of hydrogen-bond acceptors (Lipinski definition) is 4. The van der Waals surface area contributed by atoms with E-state index >= 15 is 0 Å². The highest BCUT2D eigenvalue weighted by molar-refractivity contribution is 5.88. The van der Waals surface area contributed by atoms with Crippen LogP contribution in [0.5, 0.6) is 0 Å². The minimum absolute atomic E-state index is 0.0922. The summed E-state index contributed by atoms with van der Waals surface area (Å²) in [6.07, 6.45) is 1.89. The standard InChI is InChI=1S/C13H17N5O2/c1-3-4-7-14-13(20)18-12-16-10-9(11(19)17-12)6-5-8(2)15-10/h5-6H,3-4,7H2,1-2H3,(H3,14,15,16,17,18,19,20). The lowest BCUT2D eigenvalue weighted by Crippen LogP contribution is -2.31. The van der Waals surface area contributed by atoms with Gasteiger partial charge < -0.3 is 5.32 Å². The second kappa shape index (κ2) is 6.14. The lowest BCUT2D eigenvalue weighted by molar-refractivity contribution is 0.252. The number of aryl methyl sites for hydroxylation is 1. The lowest BCUT2D eigenvalue weighted by atomic mass is 10.3. The van der Waals surface area contributed by atoms with Crippen LogP contribution in [0.2, 0.25) is 0 Å². The van der Waals surface area contributed by atoms with Crippen LogP contribution in [0.1, 0.15) is 25.5 Å². The van der Waals surface area contributed by atoms with E-state index in [1.165, 1.54) is 0 Å². The molecule has 2 rings (SSSR count). The van der Waals surface area contributed by atoms with Crippen molar-refractivity contribution in [2.75, 3.05) is 11.9 Å². The van der Waals surface area contributed by atoms with Crippen molar-refractivity contribution in [2.45, 2.75) is 26.7 Å². The monoisotopic (exact) mass is 275 g/mol. The molecule has 3 N–H and O–H groups in total. The molecule has 2 amide bonds. The summed E-state index contributed by atoms with van der Waals surface area (Å²) in [5.74, 6) is 0.0922. The molecule has 2 heterocycles. The third-order valence-electron chi connectivity index (χ3n) is 2.76. The first-order valence-corrected chi connectivity index (χ1v) is 6.52. The second-order valence-corrected chi connectivity index (χ2v) is 4.47. The number of pyridine rings is 1. The van der Waals surface area contributed by atoms with E-state index in [9.17, 15) is 9.59 Å². The second-order valence-electron chi connectivity index (χ2n) is 4.47. The van der Waals surface area contributed by atoms with Crippen molar-refractivity contribution in [3.63, 3.8) is 0 Å². The average molecular weight is 275 g/mol. The molecule has 2 aromatic rings. The Kier molecular flexibility index (Phi) is 4.29. The molecule has 0 bridgehead atoms. The van der Waals surface area contributed by atoms with Gasteiger partial charge >= 0.3 is 6.03 Å². The molecule has 0 fully saturated rings. The third kappa shape index (κ3) is 3.31. The van der Waals surface area contributed by atoms with Crippen LogP contribution in [-0.4, -0.2) is 27.5 Å². The van der Waals surface area contributed by atoms with Crippen LogP contribution in [0.25, 0.3) is 11.0 Å². The van der Waals surface area contributed by atoms with Crippen molar-refractivity contribution < 1.29 is 4.79 Å². The maximum absolute atomic E-state index is 11.8. The zero-order chi connectivity index (χ0) is 14.5. The Balaban J connectivity index is 2.18. The number of carbonyl (C=O) groups is 1. The summed E-state index contributed by atoms with van der Waals surface area (Å²) < 4.78 is 0. The van der Waals surface area contributed by atoms with Crippen molar-refractivity contribution in [1.29, 1.82) is 0 Å². The molecule has 0 unspecified atom stereocenters. The van der Waals surface area contributed by atoms with Gasteiger partial charge in [0.05, 0.1) is 5.39 Å². The highest BCUT2D eigenvalue weighted by Crippen LogP contribution is 2.07. The highest BCUT2D eigenvalue weighted by atomic mass is 16.2. The third-order valence-corrected chi connectivity index (χ3v) is 2.76. The van der Waals surface area contributed by atoms with Crippen LogP contribution in [-0.2, 0) is 0 Å². The number of rotatable bonds is 4. The average Bonchev–Trinajstić information content (AvgIpc) is 2.38. The number of aromatic nitrogens is 3. The van der Waals surface area contributed by atoms with E-state index in [1.807, 2.05) is 13.8 Å². The minimum Gasteiger partial charge on any atom is -0.338 e. The molecule has 20 heavy (non-hydrogen) atoms.